The summed E-state index contributed by atoms with van der Waals surface area (Å²) in [7, 11) is 0. The summed E-state index contributed by atoms with van der Waals surface area (Å²) in [4.78, 5) is 15.6. The summed E-state index contributed by atoms with van der Waals surface area (Å²) < 4.78 is 0. The number of amides is 1. The van der Waals surface area contributed by atoms with E-state index in [9.17, 15) is 4.79 Å². The summed E-state index contributed by atoms with van der Waals surface area (Å²) in [6.07, 6.45) is 7.29. The molecule has 1 amide bonds. The van der Waals surface area contributed by atoms with Crippen molar-refractivity contribution in [2.75, 3.05) is 5.32 Å². The monoisotopic (exact) mass is 392 g/mol. The Hall–Kier alpha value is -2.52. The lowest BCUT2D eigenvalue weighted by Gasteiger charge is -2.12. The molecule has 0 saturated heterocycles. The maximum absolute atomic E-state index is 12.4. The first-order chi connectivity index (χ1) is 13.5. The Kier molecular flexibility index (Phi) is 5.27. The van der Waals surface area contributed by atoms with Crippen LogP contribution < -0.4 is 5.32 Å². The van der Waals surface area contributed by atoms with Gasteiger partial charge in [-0.2, -0.15) is 0 Å². The van der Waals surface area contributed by atoms with Gasteiger partial charge < -0.3 is 10.3 Å². The van der Waals surface area contributed by atoms with Crippen LogP contribution in [0.15, 0.2) is 60.8 Å². The van der Waals surface area contributed by atoms with Crippen LogP contribution in [0.2, 0.25) is 5.02 Å². The fourth-order valence-corrected chi connectivity index (χ4v) is 3.91. The smallest absolute Gasteiger partial charge is 0.228 e. The molecule has 0 bridgehead atoms. The number of hydrogen-bond acceptors (Lipinski definition) is 1. The zero-order valence-electron chi connectivity index (χ0n) is 16.1. The molecule has 1 saturated carbocycles. The SMILES string of the molecule is CCC1(Cc2ccc(CC(=O)Nc3c[nH]c(-c4cccc(Cl)c4)c3)cc2)CC1. The maximum Gasteiger partial charge on any atom is 0.228 e. The molecule has 4 rings (SSSR count). The minimum atomic E-state index is -0.0170. The van der Waals surface area contributed by atoms with E-state index in [0.29, 0.717) is 16.9 Å². The zero-order chi connectivity index (χ0) is 19.6. The number of rotatable bonds is 7. The third-order valence-corrected chi connectivity index (χ3v) is 6.01. The second-order valence-electron chi connectivity index (χ2n) is 7.88. The molecule has 1 aromatic heterocycles. The van der Waals surface area contributed by atoms with E-state index in [1.165, 1.54) is 24.8 Å². The molecule has 0 aliphatic heterocycles. The fraction of sp³-hybridized carbons (Fsp3) is 0.292. The van der Waals surface area contributed by atoms with Crippen molar-refractivity contribution in [1.29, 1.82) is 0 Å². The molecule has 2 N–H and O–H groups in total. The Morgan fingerprint density at radius 2 is 1.86 bits per heavy atom. The molecular weight excluding hydrogens is 368 g/mol. The lowest BCUT2D eigenvalue weighted by Crippen LogP contribution is -2.14. The number of aromatic nitrogens is 1. The van der Waals surface area contributed by atoms with Gasteiger partial charge in [0, 0.05) is 16.9 Å². The largest absolute Gasteiger partial charge is 0.359 e. The Morgan fingerprint density at radius 1 is 1.11 bits per heavy atom. The van der Waals surface area contributed by atoms with E-state index in [1.54, 1.807) is 6.20 Å². The average molecular weight is 393 g/mol. The molecular formula is C24H25ClN2O. The number of carbonyl (C=O) groups is 1. The van der Waals surface area contributed by atoms with E-state index in [4.69, 9.17) is 11.6 Å². The lowest BCUT2D eigenvalue weighted by molar-refractivity contribution is -0.115. The Bertz CT molecular complexity index is 970. The van der Waals surface area contributed by atoms with Crippen LogP contribution in [0.3, 0.4) is 0 Å². The predicted molar refractivity (Wildman–Crippen MR) is 116 cm³/mol. The van der Waals surface area contributed by atoms with Crippen LogP contribution in [0.1, 0.15) is 37.3 Å². The molecule has 3 aromatic rings. The number of hydrogen-bond donors (Lipinski definition) is 2. The minimum Gasteiger partial charge on any atom is -0.359 e. The Labute approximate surface area is 171 Å². The van der Waals surface area contributed by atoms with E-state index < -0.39 is 0 Å². The molecule has 1 heterocycles. The van der Waals surface area contributed by atoms with Gasteiger partial charge in [-0.1, -0.05) is 61.3 Å². The fourth-order valence-electron chi connectivity index (χ4n) is 3.72. The normalized spacial score (nSPS) is 14.6. The zero-order valence-corrected chi connectivity index (χ0v) is 16.9. The third-order valence-electron chi connectivity index (χ3n) is 5.78. The van der Waals surface area contributed by atoms with E-state index in [0.717, 1.165) is 28.9 Å². The standard InChI is InChI=1S/C24H25ClN2O/c1-2-24(10-11-24)15-18-8-6-17(7-9-18)12-23(28)27-21-14-22(26-16-21)19-4-3-5-20(25)13-19/h3-9,13-14,16,26H,2,10-12,15H2,1H3,(H,27,28). The summed E-state index contributed by atoms with van der Waals surface area (Å²) in [5.41, 5.74) is 5.63. The van der Waals surface area contributed by atoms with Gasteiger partial charge in [-0.25, -0.2) is 0 Å². The van der Waals surface area contributed by atoms with Crippen LogP contribution in [-0.4, -0.2) is 10.9 Å². The van der Waals surface area contributed by atoms with Gasteiger partial charge in [-0.05, 0) is 59.6 Å². The van der Waals surface area contributed by atoms with Gasteiger partial charge in [0.15, 0.2) is 0 Å². The number of carbonyl (C=O) groups excluding carboxylic acids is 1. The highest BCUT2D eigenvalue weighted by Crippen LogP contribution is 2.51. The highest BCUT2D eigenvalue weighted by molar-refractivity contribution is 6.30. The van der Waals surface area contributed by atoms with E-state index in [1.807, 2.05) is 30.3 Å². The van der Waals surface area contributed by atoms with Gasteiger partial charge in [-0.3, -0.25) is 4.79 Å². The highest BCUT2D eigenvalue weighted by Gasteiger charge is 2.40. The molecule has 1 aliphatic carbocycles. The van der Waals surface area contributed by atoms with Gasteiger partial charge in [0.05, 0.1) is 12.1 Å². The van der Waals surface area contributed by atoms with Crippen LogP contribution in [0, 0.1) is 5.41 Å². The molecule has 0 radical (unpaired) electrons. The second kappa shape index (κ2) is 7.84. The minimum absolute atomic E-state index is 0.0170. The number of anilines is 1. The molecule has 1 aliphatic rings. The Morgan fingerprint density at radius 3 is 2.54 bits per heavy atom. The van der Waals surface area contributed by atoms with Crippen LogP contribution in [0.25, 0.3) is 11.3 Å². The van der Waals surface area contributed by atoms with Gasteiger partial charge in [0.25, 0.3) is 0 Å². The third kappa shape index (κ3) is 4.48. The quantitative estimate of drug-likeness (QED) is 0.490. The van der Waals surface area contributed by atoms with Gasteiger partial charge >= 0.3 is 0 Å². The molecule has 3 nitrogen and oxygen atoms in total. The molecule has 28 heavy (non-hydrogen) atoms. The first kappa shape index (κ1) is 18.8. The van der Waals surface area contributed by atoms with Crippen molar-refractivity contribution in [3.8, 4) is 11.3 Å². The van der Waals surface area contributed by atoms with Crippen molar-refractivity contribution in [3.05, 3.63) is 76.9 Å². The van der Waals surface area contributed by atoms with Crippen LogP contribution in [0.5, 0.6) is 0 Å². The van der Waals surface area contributed by atoms with Crippen molar-refractivity contribution >= 4 is 23.2 Å². The van der Waals surface area contributed by atoms with Crippen LogP contribution in [0.4, 0.5) is 5.69 Å². The summed E-state index contributed by atoms with van der Waals surface area (Å²) >= 11 is 6.05. The van der Waals surface area contributed by atoms with Crippen LogP contribution in [-0.2, 0) is 17.6 Å². The maximum atomic E-state index is 12.4. The molecule has 4 heteroatoms. The van der Waals surface area contributed by atoms with E-state index in [-0.39, 0.29) is 5.91 Å². The highest BCUT2D eigenvalue weighted by atomic mass is 35.5. The molecule has 1 fully saturated rings. The molecule has 0 unspecified atom stereocenters. The second-order valence-corrected chi connectivity index (χ2v) is 8.32. The van der Waals surface area contributed by atoms with Crippen LogP contribution >= 0.6 is 11.6 Å². The van der Waals surface area contributed by atoms with Crippen molar-refractivity contribution in [2.24, 2.45) is 5.41 Å². The average Bonchev–Trinajstić information content (AvgIpc) is 3.31. The molecule has 0 atom stereocenters. The van der Waals surface area contributed by atoms with Gasteiger partial charge in [-0.15, -0.1) is 0 Å². The number of nitrogens with one attached hydrogen (secondary N) is 2. The van der Waals surface area contributed by atoms with Crippen molar-refractivity contribution < 1.29 is 4.79 Å². The number of H-pyrrole nitrogens is 1. The predicted octanol–water partition coefficient (Wildman–Crippen LogP) is 6.25. The van der Waals surface area contributed by atoms with E-state index in [2.05, 4.69) is 41.5 Å². The molecule has 2 aromatic carbocycles. The van der Waals surface area contributed by atoms with Crippen molar-refractivity contribution in [3.63, 3.8) is 0 Å². The topological polar surface area (TPSA) is 44.9 Å². The summed E-state index contributed by atoms with van der Waals surface area (Å²) in [5.74, 6) is -0.0170. The lowest BCUT2D eigenvalue weighted by atomic mass is 9.93. The van der Waals surface area contributed by atoms with Crippen molar-refractivity contribution in [1.82, 2.24) is 4.98 Å². The number of aromatic amines is 1. The summed E-state index contributed by atoms with van der Waals surface area (Å²) in [5, 5.41) is 3.65. The van der Waals surface area contributed by atoms with Gasteiger partial charge in [0.1, 0.15) is 0 Å². The van der Waals surface area contributed by atoms with Crippen molar-refractivity contribution in [2.45, 2.75) is 39.0 Å². The van der Waals surface area contributed by atoms with Gasteiger partial charge in [0.2, 0.25) is 5.91 Å². The molecule has 144 valence electrons. The first-order valence-corrected chi connectivity index (χ1v) is 10.3. The first-order valence-electron chi connectivity index (χ1n) is 9.87. The Balaban J connectivity index is 1.34. The number of benzene rings is 2. The molecule has 0 spiro atoms. The van der Waals surface area contributed by atoms with E-state index >= 15 is 0 Å². The summed E-state index contributed by atoms with van der Waals surface area (Å²) in [6.45, 7) is 2.28. The number of halogens is 1. The summed E-state index contributed by atoms with van der Waals surface area (Å²) in [6, 6.07) is 18.1.